The van der Waals surface area contributed by atoms with Crippen LogP contribution in [0.2, 0.25) is 0 Å². The summed E-state index contributed by atoms with van der Waals surface area (Å²) in [5, 5.41) is 9.05. The van der Waals surface area contributed by atoms with Crippen molar-refractivity contribution in [3.63, 3.8) is 0 Å². The van der Waals surface area contributed by atoms with E-state index in [9.17, 15) is 9.59 Å². The maximum Gasteiger partial charge on any atom is 1.00 e. The Bertz CT molecular complexity index is 342. The Morgan fingerprint density at radius 3 is 1.77 bits per heavy atom. The van der Waals surface area contributed by atoms with E-state index in [0.29, 0.717) is 0 Å². The summed E-state index contributed by atoms with van der Waals surface area (Å²) in [6.07, 6.45) is 0. The first kappa shape index (κ1) is 10.4. The van der Waals surface area contributed by atoms with Gasteiger partial charge in [0.05, 0.1) is 11.1 Å². The van der Waals surface area contributed by atoms with Crippen LogP contribution in [-0.2, 0) is 0 Å². The second kappa shape index (κ2) is 3.59. The SMILES string of the molecule is O=C1c2ccccc2C(=O)N1O.[Na+]. The summed E-state index contributed by atoms with van der Waals surface area (Å²) in [5.74, 6) is -1.31. The second-order valence-electron chi connectivity index (χ2n) is 2.47. The molecule has 2 rings (SSSR count). The molecule has 4 nitrogen and oxygen atoms in total. The first-order valence-electron chi connectivity index (χ1n) is 3.38. The molecule has 0 aromatic heterocycles. The van der Waals surface area contributed by atoms with Crippen molar-refractivity contribution in [1.29, 1.82) is 0 Å². The number of hydrogen-bond acceptors (Lipinski definition) is 3. The van der Waals surface area contributed by atoms with Crippen LogP contribution in [0.25, 0.3) is 0 Å². The number of imide groups is 1. The Morgan fingerprint density at radius 1 is 1.00 bits per heavy atom. The van der Waals surface area contributed by atoms with Gasteiger partial charge in [-0.1, -0.05) is 12.1 Å². The number of carbonyl (C=O) groups excluding carboxylic acids is 2. The molecule has 0 atom stereocenters. The largest absolute Gasteiger partial charge is 1.00 e. The number of hydroxylamine groups is 2. The van der Waals surface area contributed by atoms with Gasteiger partial charge in [-0.05, 0) is 12.1 Å². The minimum absolute atomic E-state index is 0. The van der Waals surface area contributed by atoms with Crippen LogP contribution in [0.1, 0.15) is 20.7 Å². The fourth-order valence-electron chi connectivity index (χ4n) is 1.18. The number of hydrogen-bond donors (Lipinski definition) is 1. The van der Waals surface area contributed by atoms with E-state index in [2.05, 4.69) is 0 Å². The zero-order valence-electron chi connectivity index (χ0n) is 7.02. The van der Waals surface area contributed by atoms with E-state index in [0.717, 1.165) is 0 Å². The molecule has 0 saturated heterocycles. The summed E-state index contributed by atoms with van der Waals surface area (Å²) in [4.78, 5) is 22.1. The fourth-order valence-corrected chi connectivity index (χ4v) is 1.18. The summed E-state index contributed by atoms with van der Waals surface area (Å²) in [6, 6.07) is 6.30. The van der Waals surface area contributed by atoms with Gasteiger partial charge < -0.3 is 0 Å². The first-order valence-corrected chi connectivity index (χ1v) is 3.38. The monoisotopic (exact) mass is 186 g/mol. The van der Waals surface area contributed by atoms with Crippen molar-refractivity contribution in [2.45, 2.75) is 0 Å². The van der Waals surface area contributed by atoms with Crippen LogP contribution in [0.5, 0.6) is 0 Å². The van der Waals surface area contributed by atoms with E-state index >= 15 is 0 Å². The van der Waals surface area contributed by atoms with Gasteiger partial charge in [0.2, 0.25) is 0 Å². The average Bonchev–Trinajstić information content (AvgIpc) is 2.33. The molecule has 0 saturated carbocycles. The van der Waals surface area contributed by atoms with Gasteiger partial charge in [0.25, 0.3) is 11.8 Å². The number of amides is 2. The molecule has 1 aromatic carbocycles. The molecular formula is C8H5NNaO3+. The molecule has 0 bridgehead atoms. The van der Waals surface area contributed by atoms with Gasteiger partial charge in [-0.25, -0.2) is 0 Å². The maximum atomic E-state index is 11.1. The van der Waals surface area contributed by atoms with Crippen LogP contribution in [0.15, 0.2) is 24.3 Å². The molecule has 0 radical (unpaired) electrons. The Kier molecular flexibility index (Phi) is 2.87. The molecule has 1 aliphatic rings. The third-order valence-electron chi connectivity index (χ3n) is 1.77. The third kappa shape index (κ3) is 1.42. The molecular weight excluding hydrogens is 181 g/mol. The summed E-state index contributed by atoms with van der Waals surface area (Å²) in [6.45, 7) is 0. The van der Waals surface area contributed by atoms with Gasteiger partial charge in [0.1, 0.15) is 0 Å². The average molecular weight is 186 g/mol. The Balaban J connectivity index is 0.000000845. The van der Waals surface area contributed by atoms with Crippen LogP contribution in [-0.4, -0.2) is 22.1 Å². The fraction of sp³-hybridized carbons (Fsp3) is 0. The van der Waals surface area contributed by atoms with E-state index in [1.165, 1.54) is 12.1 Å². The van der Waals surface area contributed by atoms with Crippen molar-refractivity contribution in [2.24, 2.45) is 0 Å². The van der Waals surface area contributed by atoms with Crippen molar-refractivity contribution in [3.05, 3.63) is 35.4 Å². The van der Waals surface area contributed by atoms with Crippen molar-refractivity contribution < 1.29 is 44.4 Å². The number of rotatable bonds is 0. The van der Waals surface area contributed by atoms with Gasteiger partial charge in [-0.15, -0.1) is 5.06 Å². The standard InChI is InChI=1S/C8H5NO3.Na/c10-7-5-3-1-2-4-6(5)8(11)9(7)12;/h1-4,12H;/q;+1. The first-order chi connectivity index (χ1) is 5.72. The Morgan fingerprint density at radius 2 is 1.38 bits per heavy atom. The summed E-state index contributed by atoms with van der Waals surface area (Å²) >= 11 is 0. The van der Waals surface area contributed by atoms with Crippen LogP contribution in [0, 0.1) is 0 Å². The molecule has 0 aliphatic carbocycles. The molecule has 13 heavy (non-hydrogen) atoms. The predicted molar refractivity (Wildman–Crippen MR) is 38.7 cm³/mol. The van der Waals surface area contributed by atoms with E-state index in [1.807, 2.05) is 0 Å². The summed E-state index contributed by atoms with van der Waals surface area (Å²) < 4.78 is 0. The molecule has 60 valence electrons. The summed E-state index contributed by atoms with van der Waals surface area (Å²) in [5.41, 5.74) is 0.509. The van der Waals surface area contributed by atoms with Gasteiger partial charge in [0.15, 0.2) is 0 Å². The van der Waals surface area contributed by atoms with Crippen LogP contribution in [0.3, 0.4) is 0 Å². The molecule has 1 aromatic rings. The molecule has 1 heterocycles. The molecule has 2 amide bonds. The van der Waals surface area contributed by atoms with Gasteiger partial charge in [0, 0.05) is 0 Å². The van der Waals surface area contributed by atoms with Crippen molar-refractivity contribution in [2.75, 3.05) is 0 Å². The minimum Gasteiger partial charge on any atom is -0.278 e. The Labute approximate surface area is 96.4 Å². The Hall–Kier alpha value is -0.680. The topological polar surface area (TPSA) is 57.6 Å². The number of carbonyl (C=O) groups is 2. The number of benzene rings is 1. The minimum atomic E-state index is -0.657. The van der Waals surface area contributed by atoms with E-state index < -0.39 is 11.8 Å². The number of nitrogens with zero attached hydrogens (tertiary/aromatic N) is 1. The van der Waals surface area contributed by atoms with E-state index in [1.54, 1.807) is 12.1 Å². The van der Waals surface area contributed by atoms with Crippen LogP contribution >= 0.6 is 0 Å². The van der Waals surface area contributed by atoms with Gasteiger partial charge >= 0.3 is 29.6 Å². The summed E-state index contributed by atoms with van der Waals surface area (Å²) in [7, 11) is 0. The predicted octanol–water partition coefficient (Wildman–Crippen LogP) is -2.32. The van der Waals surface area contributed by atoms with Crippen molar-refractivity contribution in [3.8, 4) is 0 Å². The van der Waals surface area contributed by atoms with Gasteiger partial charge in [-0.3, -0.25) is 14.8 Å². The molecule has 0 spiro atoms. The van der Waals surface area contributed by atoms with Crippen molar-refractivity contribution >= 4 is 11.8 Å². The van der Waals surface area contributed by atoms with Crippen LogP contribution in [0.4, 0.5) is 0 Å². The molecule has 5 heteroatoms. The van der Waals surface area contributed by atoms with E-state index in [-0.39, 0.29) is 45.7 Å². The smallest absolute Gasteiger partial charge is 0.278 e. The zero-order valence-corrected chi connectivity index (χ0v) is 9.02. The molecule has 0 unspecified atom stereocenters. The second-order valence-corrected chi connectivity index (χ2v) is 2.47. The molecule has 1 aliphatic heterocycles. The quantitative estimate of drug-likeness (QED) is 0.281. The third-order valence-corrected chi connectivity index (χ3v) is 1.77. The van der Waals surface area contributed by atoms with Crippen LogP contribution < -0.4 is 29.6 Å². The van der Waals surface area contributed by atoms with E-state index in [4.69, 9.17) is 5.21 Å². The maximum absolute atomic E-state index is 11.1. The van der Waals surface area contributed by atoms with Crippen molar-refractivity contribution in [1.82, 2.24) is 5.06 Å². The zero-order chi connectivity index (χ0) is 8.72. The normalized spacial score (nSPS) is 14.1. The molecule has 0 fully saturated rings. The van der Waals surface area contributed by atoms with Gasteiger partial charge in [-0.2, -0.15) is 0 Å². The number of fused-ring (bicyclic) bond motifs is 1. The molecule has 1 N–H and O–H groups in total.